The summed E-state index contributed by atoms with van der Waals surface area (Å²) in [4.78, 5) is 0. The largest absolute Gasteiger partial charge is 0.460 e. The Kier molecular flexibility index (Phi) is 8.69. The lowest BCUT2D eigenvalue weighted by atomic mass is 9.80. The maximum Gasteiger partial charge on any atom is 0.460 e. The molecule has 1 heterocycles. The van der Waals surface area contributed by atoms with E-state index in [1.165, 1.54) is 6.92 Å². The second-order valence-electron chi connectivity index (χ2n) is 7.03. The molecule has 0 bridgehead atoms. The third-order valence-corrected chi connectivity index (χ3v) is 4.88. The van der Waals surface area contributed by atoms with Crippen LogP contribution in [0.4, 0.5) is 39.5 Å². The summed E-state index contributed by atoms with van der Waals surface area (Å²) in [5.74, 6) is -22.6. The Hall–Kier alpha value is -0.750. The number of unbranched alkanes of at least 4 members (excludes halogenated alkanes) is 3. The Morgan fingerprint density at radius 3 is 1.97 bits per heavy atom. The summed E-state index contributed by atoms with van der Waals surface area (Å²) in [6.07, 6.45) is -10.7. The fraction of sp³-hybridized carbons (Fsp3) is 1.00. The van der Waals surface area contributed by atoms with Crippen LogP contribution in [0.15, 0.2) is 0 Å². The zero-order chi connectivity index (χ0) is 22.7. The number of alkyl halides is 9. The van der Waals surface area contributed by atoms with Gasteiger partial charge in [-0.3, -0.25) is 0 Å². The molecule has 1 N–H and O–H groups in total. The molecule has 0 unspecified atom stereocenters. The van der Waals surface area contributed by atoms with Gasteiger partial charge >= 0.3 is 23.9 Å². The summed E-state index contributed by atoms with van der Waals surface area (Å²) in [5, 5.41) is 9.97. The van der Waals surface area contributed by atoms with Crippen molar-refractivity contribution in [3.8, 4) is 0 Å². The molecule has 0 radical (unpaired) electrons. The zero-order valence-electron chi connectivity index (χ0n) is 15.9. The molecule has 4 atom stereocenters. The van der Waals surface area contributed by atoms with Gasteiger partial charge in [-0.15, -0.1) is 0 Å². The molecule has 1 aliphatic rings. The predicted octanol–water partition coefficient (Wildman–Crippen LogP) is 5.55. The number of ether oxygens (including phenoxy) is 2. The summed E-state index contributed by atoms with van der Waals surface area (Å²) in [6, 6.07) is 0. The van der Waals surface area contributed by atoms with Crippen LogP contribution in [0.2, 0.25) is 0 Å². The van der Waals surface area contributed by atoms with Crippen molar-refractivity contribution in [1.29, 1.82) is 0 Å². The Morgan fingerprint density at radius 1 is 0.897 bits per heavy atom. The number of hydrogen-bond acceptors (Lipinski definition) is 3. The number of rotatable bonds is 10. The molecule has 0 aromatic heterocycles. The first kappa shape index (κ1) is 26.3. The highest BCUT2D eigenvalue weighted by Gasteiger charge is 2.83. The van der Waals surface area contributed by atoms with Gasteiger partial charge < -0.3 is 14.6 Å². The Labute approximate surface area is 162 Å². The minimum Gasteiger partial charge on any atom is -0.387 e. The van der Waals surface area contributed by atoms with Crippen LogP contribution >= 0.6 is 0 Å². The molecular formula is C17H25F9O3. The highest BCUT2D eigenvalue weighted by molar-refractivity contribution is 5.06. The first-order valence-corrected chi connectivity index (χ1v) is 9.30. The van der Waals surface area contributed by atoms with Crippen molar-refractivity contribution in [2.24, 2.45) is 5.92 Å². The van der Waals surface area contributed by atoms with Crippen molar-refractivity contribution in [3.63, 3.8) is 0 Å². The highest BCUT2D eigenvalue weighted by atomic mass is 19.4. The van der Waals surface area contributed by atoms with Crippen molar-refractivity contribution in [1.82, 2.24) is 0 Å². The number of halogens is 9. The molecule has 0 saturated carbocycles. The van der Waals surface area contributed by atoms with Crippen LogP contribution in [0.1, 0.15) is 52.4 Å². The maximum absolute atomic E-state index is 14.4. The van der Waals surface area contributed by atoms with Gasteiger partial charge in [0.25, 0.3) is 0 Å². The summed E-state index contributed by atoms with van der Waals surface area (Å²) >= 11 is 0. The second-order valence-corrected chi connectivity index (χ2v) is 7.03. The highest BCUT2D eigenvalue weighted by Crippen LogP contribution is 2.57. The van der Waals surface area contributed by atoms with Gasteiger partial charge in [0, 0.05) is 6.61 Å². The van der Waals surface area contributed by atoms with Crippen LogP contribution in [-0.2, 0) is 9.47 Å². The van der Waals surface area contributed by atoms with Crippen molar-refractivity contribution < 1.29 is 54.1 Å². The monoisotopic (exact) mass is 448 g/mol. The summed E-state index contributed by atoms with van der Waals surface area (Å²) in [5.41, 5.74) is 0. The lowest BCUT2D eigenvalue weighted by Gasteiger charge is -2.45. The first-order valence-electron chi connectivity index (χ1n) is 9.30. The van der Waals surface area contributed by atoms with E-state index in [-0.39, 0.29) is 13.0 Å². The molecule has 3 nitrogen and oxygen atoms in total. The van der Waals surface area contributed by atoms with Crippen LogP contribution in [-0.4, -0.2) is 54.2 Å². The van der Waals surface area contributed by atoms with E-state index in [1.807, 2.05) is 6.92 Å². The predicted molar refractivity (Wildman–Crippen MR) is 84.1 cm³/mol. The molecule has 0 aromatic rings. The van der Waals surface area contributed by atoms with Crippen molar-refractivity contribution >= 4 is 0 Å². The van der Waals surface area contributed by atoms with Gasteiger partial charge in [-0.2, -0.15) is 39.5 Å². The average Bonchev–Trinajstić information content (AvgIpc) is 2.59. The molecule has 1 rings (SSSR count). The van der Waals surface area contributed by atoms with E-state index in [1.54, 1.807) is 0 Å². The van der Waals surface area contributed by atoms with Gasteiger partial charge in [0.15, 0.2) is 6.29 Å². The van der Waals surface area contributed by atoms with E-state index in [2.05, 4.69) is 0 Å². The van der Waals surface area contributed by atoms with Crippen LogP contribution in [0.25, 0.3) is 0 Å². The van der Waals surface area contributed by atoms with Gasteiger partial charge in [-0.1, -0.05) is 32.6 Å². The van der Waals surface area contributed by atoms with Crippen LogP contribution in [0.3, 0.4) is 0 Å². The van der Waals surface area contributed by atoms with Gasteiger partial charge in [-0.05, 0) is 19.8 Å². The lowest BCUT2D eigenvalue weighted by Crippen LogP contribution is -2.66. The van der Waals surface area contributed by atoms with E-state index in [0.29, 0.717) is 12.8 Å². The normalized spacial score (nSPS) is 27.3. The minimum absolute atomic E-state index is 0.0735. The minimum atomic E-state index is -7.00. The lowest BCUT2D eigenvalue weighted by molar-refractivity contribution is -0.413. The van der Waals surface area contributed by atoms with Crippen LogP contribution < -0.4 is 0 Å². The van der Waals surface area contributed by atoms with E-state index in [0.717, 1.165) is 12.8 Å². The molecule has 1 fully saturated rings. The molecule has 12 heteroatoms. The summed E-state index contributed by atoms with van der Waals surface area (Å²) in [6.45, 7) is 3.08. The van der Waals surface area contributed by atoms with Crippen LogP contribution in [0.5, 0.6) is 0 Å². The molecule has 0 amide bonds. The van der Waals surface area contributed by atoms with Gasteiger partial charge in [0.1, 0.15) is 6.10 Å². The van der Waals surface area contributed by atoms with Gasteiger partial charge in [-0.25, -0.2) is 0 Å². The van der Waals surface area contributed by atoms with E-state index in [9.17, 15) is 44.6 Å². The smallest absolute Gasteiger partial charge is 0.387 e. The molecule has 0 aliphatic carbocycles. The van der Waals surface area contributed by atoms with Crippen LogP contribution in [0, 0.1) is 5.92 Å². The first-order chi connectivity index (χ1) is 13.1. The Balaban J connectivity index is 3.16. The average molecular weight is 448 g/mol. The van der Waals surface area contributed by atoms with Gasteiger partial charge in [0.05, 0.1) is 12.0 Å². The fourth-order valence-corrected chi connectivity index (χ4v) is 3.21. The second kappa shape index (κ2) is 9.59. The zero-order valence-corrected chi connectivity index (χ0v) is 15.9. The van der Waals surface area contributed by atoms with Crippen molar-refractivity contribution in [2.45, 2.75) is 94.8 Å². The number of aliphatic hydroxyl groups is 1. The Bertz CT molecular complexity index is 511. The maximum atomic E-state index is 14.4. The third kappa shape index (κ3) is 5.30. The topological polar surface area (TPSA) is 38.7 Å². The van der Waals surface area contributed by atoms with Crippen molar-refractivity contribution in [2.75, 3.05) is 6.61 Å². The van der Waals surface area contributed by atoms with Gasteiger partial charge in [0.2, 0.25) is 0 Å². The van der Waals surface area contributed by atoms with E-state index >= 15 is 0 Å². The van der Waals surface area contributed by atoms with E-state index in [4.69, 9.17) is 9.47 Å². The molecule has 1 saturated heterocycles. The standard InChI is InChI=1S/C17H25F9O3/c1-3-5-6-7-8-10-9-11(12(27)13(29-10)28-4-2)14(18,19)15(20,21)16(22,23)17(24,25)26/h10-13,27H,3-9H2,1-2H3/t10-,11-,12-,13+/m0/s1. The third-order valence-electron chi connectivity index (χ3n) is 4.88. The molecule has 29 heavy (non-hydrogen) atoms. The molecule has 0 aromatic carbocycles. The summed E-state index contributed by atoms with van der Waals surface area (Å²) < 4.78 is 130. The van der Waals surface area contributed by atoms with Crippen molar-refractivity contribution in [3.05, 3.63) is 0 Å². The fourth-order valence-electron chi connectivity index (χ4n) is 3.21. The summed E-state index contributed by atoms with van der Waals surface area (Å²) in [7, 11) is 0. The molecular weight excluding hydrogens is 423 g/mol. The van der Waals surface area contributed by atoms with E-state index < -0.39 is 54.8 Å². The SMILES string of the molecule is CCCCCC[C@H]1C[C@H](C(F)(F)C(F)(F)C(F)(F)C(F)(F)F)[C@H](O)[C@H](OCC)O1. The Morgan fingerprint density at radius 2 is 1.48 bits per heavy atom. The molecule has 0 spiro atoms. The molecule has 174 valence electrons. The number of hydrogen-bond donors (Lipinski definition) is 1. The quantitative estimate of drug-likeness (QED) is 0.352. The number of aliphatic hydroxyl groups excluding tert-OH is 1. The molecule has 1 aliphatic heterocycles.